The monoisotopic (exact) mass is 346 g/mol. The normalized spacial score (nSPS) is 18.9. The predicted octanol–water partition coefficient (Wildman–Crippen LogP) is 2.40. The van der Waals surface area contributed by atoms with E-state index in [0.717, 1.165) is 22.5 Å². The van der Waals surface area contributed by atoms with Gasteiger partial charge in [-0.2, -0.15) is 0 Å². The first-order valence-electron chi connectivity index (χ1n) is 6.15. The Hall–Kier alpha value is -0.430. The first kappa shape index (κ1) is 13.0. The van der Waals surface area contributed by atoms with Crippen LogP contribution in [0.2, 0.25) is 0 Å². The number of nitrogens with two attached hydrogens (primary N) is 1. The third kappa shape index (κ3) is 3.28. The van der Waals surface area contributed by atoms with Gasteiger partial charge in [0, 0.05) is 12.7 Å². The van der Waals surface area contributed by atoms with Crippen molar-refractivity contribution in [2.24, 2.45) is 11.1 Å². The second-order valence-electron chi connectivity index (χ2n) is 4.84. The Balaban J connectivity index is 1.98. The first-order chi connectivity index (χ1) is 8.26. The lowest BCUT2D eigenvalue weighted by Crippen LogP contribution is -2.39. The highest BCUT2D eigenvalue weighted by Gasteiger charge is 2.30. The maximum atomic E-state index is 5.97. The zero-order chi connectivity index (χ0) is 12.1. The molecule has 3 N–H and O–H groups in total. The average molecular weight is 346 g/mol. The summed E-state index contributed by atoms with van der Waals surface area (Å²) in [5.74, 6) is 0.930. The summed E-state index contributed by atoms with van der Waals surface area (Å²) < 4.78 is 1.06. The minimum absolute atomic E-state index is 0.270. The second-order valence-corrected chi connectivity index (χ2v) is 6.00. The van der Waals surface area contributed by atoms with Gasteiger partial charge in [-0.25, -0.2) is 9.97 Å². The molecule has 1 aromatic heterocycles. The summed E-state index contributed by atoms with van der Waals surface area (Å²) >= 11 is 2.25. The lowest BCUT2D eigenvalue weighted by atomic mass is 9.74. The van der Waals surface area contributed by atoms with Gasteiger partial charge in [-0.15, -0.1) is 0 Å². The molecule has 0 saturated heterocycles. The summed E-state index contributed by atoms with van der Waals surface area (Å²) in [7, 11) is 0. The van der Waals surface area contributed by atoms with E-state index in [4.69, 9.17) is 5.73 Å². The molecular weight excluding hydrogens is 327 g/mol. The van der Waals surface area contributed by atoms with Gasteiger partial charge in [0.25, 0.3) is 0 Å². The number of anilines is 1. The summed E-state index contributed by atoms with van der Waals surface area (Å²) in [6.45, 7) is 1.69. The minimum Gasteiger partial charge on any atom is -0.368 e. The van der Waals surface area contributed by atoms with E-state index < -0.39 is 0 Å². The number of hydrogen-bond acceptors (Lipinski definition) is 4. The molecule has 1 fully saturated rings. The molecular formula is C12H19IN4. The Labute approximate surface area is 116 Å². The average Bonchev–Trinajstić information content (AvgIpc) is 2.39. The van der Waals surface area contributed by atoms with Crippen molar-refractivity contribution >= 4 is 28.4 Å². The molecule has 4 nitrogen and oxygen atoms in total. The van der Waals surface area contributed by atoms with E-state index in [1.807, 2.05) is 6.20 Å². The smallest absolute Gasteiger partial charge is 0.142 e. The lowest BCUT2D eigenvalue weighted by Gasteiger charge is -2.36. The molecule has 0 spiro atoms. The molecule has 0 radical (unpaired) electrons. The van der Waals surface area contributed by atoms with E-state index in [0.29, 0.717) is 0 Å². The van der Waals surface area contributed by atoms with Crippen LogP contribution in [0, 0.1) is 8.99 Å². The van der Waals surface area contributed by atoms with Crippen LogP contribution in [0.1, 0.15) is 32.1 Å². The molecule has 0 bridgehead atoms. The quantitative estimate of drug-likeness (QED) is 0.822. The number of aromatic nitrogens is 2. The Morgan fingerprint density at radius 2 is 2.12 bits per heavy atom. The van der Waals surface area contributed by atoms with E-state index >= 15 is 0 Å². The van der Waals surface area contributed by atoms with Crippen molar-refractivity contribution in [3.63, 3.8) is 0 Å². The molecule has 5 heteroatoms. The topological polar surface area (TPSA) is 63.8 Å². The van der Waals surface area contributed by atoms with E-state index in [1.165, 1.54) is 32.1 Å². The molecule has 1 saturated carbocycles. The van der Waals surface area contributed by atoms with Crippen LogP contribution < -0.4 is 11.1 Å². The van der Waals surface area contributed by atoms with Gasteiger partial charge >= 0.3 is 0 Å². The lowest BCUT2D eigenvalue weighted by molar-refractivity contribution is 0.215. The fraction of sp³-hybridized carbons (Fsp3) is 0.667. The number of nitrogens with one attached hydrogen (secondary N) is 1. The molecule has 1 aliphatic rings. The highest BCUT2D eigenvalue weighted by molar-refractivity contribution is 14.1. The van der Waals surface area contributed by atoms with Crippen LogP contribution >= 0.6 is 22.6 Å². The van der Waals surface area contributed by atoms with Crippen molar-refractivity contribution < 1.29 is 0 Å². The van der Waals surface area contributed by atoms with Crippen LogP contribution in [-0.4, -0.2) is 23.1 Å². The van der Waals surface area contributed by atoms with Crippen molar-refractivity contribution in [2.75, 3.05) is 18.4 Å². The summed E-state index contributed by atoms with van der Waals surface area (Å²) in [6, 6.07) is 0. The van der Waals surface area contributed by atoms with Gasteiger partial charge in [-0.1, -0.05) is 19.3 Å². The number of halogens is 1. The van der Waals surface area contributed by atoms with Gasteiger partial charge in [0.2, 0.25) is 0 Å². The Morgan fingerprint density at radius 3 is 2.76 bits per heavy atom. The molecule has 1 aliphatic carbocycles. The van der Waals surface area contributed by atoms with Crippen LogP contribution in [-0.2, 0) is 0 Å². The molecule has 1 aromatic rings. The highest BCUT2D eigenvalue weighted by Crippen LogP contribution is 2.35. The second kappa shape index (κ2) is 5.95. The maximum absolute atomic E-state index is 5.97. The van der Waals surface area contributed by atoms with Gasteiger partial charge in [0.05, 0.1) is 3.57 Å². The van der Waals surface area contributed by atoms with E-state index in [2.05, 4.69) is 37.9 Å². The zero-order valence-electron chi connectivity index (χ0n) is 9.95. The Morgan fingerprint density at radius 1 is 1.35 bits per heavy atom. The first-order valence-corrected chi connectivity index (χ1v) is 7.23. The molecule has 1 heterocycles. The third-order valence-corrected chi connectivity index (χ3v) is 4.44. The summed E-state index contributed by atoms with van der Waals surface area (Å²) in [5.41, 5.74) is 6.24. The largest absolute Gasteiger partial charge is 0.368 e. The number of nitrogens with zero attached hydrogens (tertiary/aromatic N) is 2. The van der Waals surface area contributed by atoms with Crippen LogP contribution in [0.5, 0.6) is 0 Å². The summed E-state index contributed by atoms with van der Waals surface area (Å²) in [6.07, 6.45) is 9.84. The standard InChI is InChI=1S/C12H19IN4/c13-10-6-15-9-17-11(10)16-8-12(7-14)4-2-1-3-5-12/h6,9H,1-5,7-8,14H2,(H,15,16,17). The molecule has 2 rings (SSSR count). The molecule has 0 aliphatic heterocycles. The van der Waals surface area contributed by atoms with Crippen LogP contribution in [0.3, 0.4) is 0 Å². The number of rotatable bonds is 4. The van der Waals surface area contributed by atoms with Crippen LogP contribution in [0.15, 0.2) is 12.5 Å². The van der Waals surface area contributed by atoms with Crippen molar-refractivity contribution in [1.29, 1.82) is 0 Å². The van der Waals surface area contributed by atoms with E-state index in [1.54, 1.807) is 6.33 Å². The molecule has 17 heavy (non-hydrogen) atoms. The Kier molecular flexibility index (Phi) is 4.55. The predicted molar refractivity (Wildman–Crippen MR) is 77.8 cm³/mol. The van der Waals surface area contributed by atoms with Crippen molar-refractivity contribution in [1.82, 2.24) is 9.97 Å². The molecule has 94 valence electrons. The Bertz CT molecular complexity index is 363. The summed E-state index contributed by atoms with van der Waals surface area (Å²) in [5, 5.41) is 3.44. The van der Waals surface area contributed by atoms with Gasteiger partial charge in [0.1, 0.15) is 12.1 Å². The van der Waals surface area contributed by atoms with E-state index in [9.17, 15) is 0 Å². The SMILES string of the molecule is NCC1(CNc2ncncc2I)CCCCC1. The van der Waals surface area contributed by atoms with Crippen molar-refractivity contribution in [3.8, 4) is 0 Å². The zero-order valence-corrected chi connectivity index (χ0v) is 12.1. The minimum atomic E-state index is 0.270. The maximum Gasteiger partial charge on any atom is 0.142 e. The third-order valence-electron chi connectivity index (χ3n) is 3.65. The molecule has 0 atom stereocenters. The molecule has 0 unspecified atom stereocenters. The van der Waals surface area contributed by atoms with Crippen LogP contribution in [0.25, 0.3) is 0 Å². The van der Waals surface area contributed by atoms with Crippen molar-refractivity contribution in [3.05, 3.63) is 16.1 Å². The van der Waals surface area contributed by atoms with Crippen molar-refractivity contribution in [2.45, 2.75) is 32.1 Å². The molecule has 0 aromatic carbocycles. The fourth-order valence-electron chi connectivity index (χ4n) is 2.47. The number of hydrogen-bond donors (Lipinski definition) is 2. The summed E-state index contributed by atoms with van der Waals surface area (Å²) in [4.78, 5) is 8.25. The van der Waals surface area contributed by atoms with Crippen LogP contribution in [0.4, 0.5) is 5.82 Å². The van der Waals surface area contributed by atoms with Gasteiger partial charge in [-0.05, 0) is 47.4 Å². The van der Waals surface area contributed by atoms with Gasteiger partial charge < -0.3 is 11.1 Å². The van der Waals surface area contributed by atoms with Gasteiger partial charge in [0.15, 0.2) is 0 Å². The molecule has 0 amide bonds. The van der Waals surface area contributed by atoms with E-state index in [-0.39, 0.29) is 5.41 Å². The fourth-order valence-corrected chi connectivity index (χ4v) is 2.96. The van der Waals surface area contributed by atoms with Gasteiger partial charge in [-0.3, -0.25) is 0 Å². The highest BCUT2D eigenvalue weighted by atomic mass is 127.